The van der Waals surface area contributed by atoms with Crippen LogP contribution in [0, 0.1) is 0 Å². The van der Waals surface area contributed by atoms with E-state index in [0.29, 0.717) is 17.2 Å². The van der Waals surface area contributed by atoms with Gasteiger partial charge in [0.15, 0.2) is 0 Å². The van der Waals surface area contributed by atoms with E-state index in [-0.39, 0.29) is 12.5 Å². The minimum absolute atomic E-state index is 0.00278. The number of nitrogens with zero attached hydrogens (tertiary/aromatic N) is 2. The van der Waals surface area contributed by atoms with E-state index < -0.39 is 11.7 Å². The highest BCUT2D eigenvalue weighted by Gasteiger charge is 2.30. The minimum atomic E-state index is -4.37. The fraction of sp³-hybridized carbons (Fsp3) is 0.167. The Kier molecular flexibility index (Phi) is 4.13. The number of alkyl halides is 3. The van der Waals surface area contributed by atoms with Gasteiger partial charge in [-0.3, -0.25) is 0 Å². The molecule has 0 fully saturated rings. The predicted molar refractivity (Wildman–Crippen MR) is 73.0 cm³/mol. The average Bonchev–Trinajstić information content (AvgIpc) is 2.44. The van der Waals surface area contributed by atoms with Gasteiger partial charge in [-0.05, 0) is 17.7 Å². The lowest BCUT2D eigenvalue weighted by Gasteiger charge is -2.10. The Balaban J connectivity index is 2.11. The van der Waals surface area contributed by atoms with Gasteiger partial charge in [0.25, 0.3) is 0 Å². The largest absolute Gasteiger partial charge is 0.416 e. The Bertz CT molecular complexity index is 629. The zero-order valence-electron chi connectivity index (χ0n) is 10.8. The van der Waals surface area contributed by atoms with Crippen LogP contribution in [-0.2, 0) is 12.7 Å². The summed E-state index contributed by atoms with van der Waals surface area (Å²) in [4.78, 5) is 7.70. The van der Waals surface area contributed by atoms with E-state index in [2.05, 4.69) is 20.7 Å². The van der Waals surface area contributed by atoms with Gasteiger partial charge in [0.2, 0.25) is 5.95 Å². The number of hydrogen-bond donors (Lipinski definition) is 4. The lowest BCUT2D eigenvalue weighted by molar-refractivity contribution is -0.137. The van der Waals surface area contributed by atoms with Crippen LogP contribution in [0.4, 0.5) is 30.8 Å². The van der Waals surface area contributed by atoms with Crippen molar-refractivity contribution in [1.29, 1.82) is 0 Å². The van der Waals surface area contributed by atoms with E-state index in [9.17, 15) is 13.2 Å². The van der Waals surface area contributed by atoms with Crippen LogP contribution in [0.2, 0.25) is 0 Å². The van der Waals surface area contributed by atoms with Crippen LogP contribution in [0.5, 0.6) is 0 Å². The monoisotopic (exact) mass is 298 g/mol. The van der Waals surface area contributed by atoms with Gasteiger partial charge in [-0.25, -0.2) is 5.84 Å². The zero-order chi connectivity index (χ0) is 15.5. The SMILES string of the molecule is NNc1cc(NCc2cccc(C(F)(F)F)c2)nc(N)n1. The number of rotatable bonds is 4. The lowest BCUT2D eigenvalue weighted by atomic mass is 10.1. The number of halogens is 3. The van der Waals surface area contributed by atoms with E-state index >= 15 is 0 Å². The van der Waals surface area contributed by atoms with Crippen LogP contribution >= 0.6 is 0 Å². The second-order valence-corrected chi connectivity index (χ2v) is 4.19. The summed E-state index contributed by atoms with van der Waals surface area (Å²) in [6.45, 7) is 0.157. The summed E-state index contributed by atoms with van der Waals surface area (Å²) >= 11 is 0. The van der Waals surface area contributed by atoms with Crippen LogP contribution in [0.3, 0.4) is 0 Å². The van der Waals surface area contributed by atoms with Crippen molar-refractivity contribution in [3.63, 3.8) is 0 Å². The molecule has 1 aromatic carbocycles. The smallest absolute Gasteiger partial charge is 0.368 e. The number of aromatic nitrogens is 2. The zero-order valence-corrected chi connectivity index (χ0v) is 10.8. The van der Waals surface area contributed by atoms with Crippen molar-refractivity contribution in [2.24, 2.45) is 5.84 Å². The predicted octanol–water partition coefficient (Wildman–Crippen LogP) is 1.98. The fourth-order valence-corrected chi connectivity index (χ4v) is 1.68. The first-order valence-corrected chi connectivity index (χ1v) is 5.89. The molecule has 0 spiro atoms. The van der Waals surface area contributed by atoms with Gasteiger partial charge in [-0.2, -0.15) is 23.1 Å². The molecule has 112 valence electrons. The molecule has 2 rings (SSSR count). The summed E-state index contributed by atoms with van der Waals surface area (Å²) in [6.07, 6.45) is -4.37. The van der Waals surface area contributed by atoms with Crippen LogP contribution < -0.4 is 22.3 Å². The van der Waals surface area contributed by atoms with E-state index in [1.165, 1.54) is 12.1 Å². The Morgan fingerprint density at radius 2 is 1.81 bits per heavy atom. The average molecular weight is 298 g/mol. The summed E-state index contributed by atoms with van der Waals surface area (Å²) in [6, 6.07) is 6.50. The molecule has 0 amide bonds. The second kappa shape index (κ2) is 5.83. The molecule has 0 saturated carbocycles. The maximum Gasteiger partial charge on any atom is 0.416 e. The third-order valence-electron chi connectivity index (χ3n) is 2.62. The van der Waals surface area contributed by atoms with Crippen molar-refractivity contribution in [2.45, 2.75) is 12.7 Å². The van der Waals surface area contributed by atoms with Gasteiger partial charge in [-0.15, -0.1) is 0 Å². The maximum absolute atomic E-state index is 12.6. The van der Waals surface area contributed by atoms with Gasteiger partial charge in [-0.1, -0.05) is 12.1 Å². The maximum atomic E-state index is 12.6. The first-order valence-electron chi connectivity index (χ1n) is 5.89. The molecule has 9 heteroatoms. The number of benzene rings is 1. The number of hydrazine groups is 1. The van der Waals surface area contributed by atoms with Crippen LogP contribution in [0.25, 0.3) is 0 Å². The molecular weight excluding hydrogens is 285 g/mol. The van der Waals surface area contributed by atoms with Crippen molar-refractivity contribution in [3.8, 4) is 0 Å². The lowest BCUT2D eigenvalue weighted by Crippen LogP contribution is -2.12. The number of nitrogens with two attached hydrogens (primary N) is 2. The number of nitrogen functional groups attached to an aromatic ring is 2. The van der Waals surface area contributed by atoms with E-state index in [4.69, 9.17) is 11.6 Å². The van der Waals surface area contributed by atoms with Gasteiger partial charge >= 0.3 is 6.18 Å². The Morgan fingerprint density at radius 3 is 2.48 bits per heavy atom. The molecule has 21 heavy (non-hydrogen) atoms. The van der Waals surface area contributed by atoms with E-state index in [1.54, 1.807) is 6.07 Å². The highest BCUT2D eigenvalue weighted by Crippen LogP contribution is 2.29. The molecule has 0 bridgehead atoms. The molecule has 0 saturated heterocycles. The molecule has 1 heterocycles. The van der Waals surface area contributed by atoms with Crippen LogP contribution in [-0.4, -0.2) is 9.97 Å². The van der Waals surface area contributed by atoms with Gasteiger partial charge in [0.1, 0.15) is 11.6 Å². The topological polar surface area (TPSA) is 102 Å². The Labute approximate surface area is 118 Å². The van der Waals surface area contributed by atoms with E-state index in [0.717, 1.165) is 12.1 Å². The number of nitrogens with one attached hydrogen (secondary N) is 2. The van der Waals surface area contributed by atoms with Crippen molar-refractivity contribution < 1.29 is 13.2 Å². The molecule has 0 aliphatic heterocycles. The standard InChI is InChI=1S/C12H13F3N6/c13-12(14,15)8-3-1-2-7(4-8)6-18-9-5-10(21-17)20-11(16)19-9/h1-5H,6,17H2,(H4,16,18,19,20,21). The summed E-state index contributed by atoms with van der Waals surface area (Å²) in [5.41, 5.74) is 7.56. The molecule has 6 N–H and O–H groups in total. The van der Waals surface area contributed by atoms with Gasteiger partial charge in [0, 0.05) is 12.6 Å². The number of hydrogen-bond acceptors (Lipinski definition) is 6. The van der Waals surface area contributed by atoms with Gasteiger partial charge in [0.05, 0.1) is 5.56 Å². The third-order valence-corrected chi connectivity index (χ3v) is 2.62. The van der Waals surface area contributed by atoms with Crippen molar-refractivity contribution in [2.75, 3.05) is 16.5 Å². The van der Waals surface area contributed by atoms with Crippen molar-refractivity contribution in [1.82, 2.24) is 9.97 Å². The molecule has 0 atom stereocenters. The normalized spacial score (nSPS) is 11.2. The Morgan fingerprint density at radius 1 is 1.10 bits per heavy atom. The second-order valence-electron chi connectivity index (χ2n) is 4.19. The molecule has 0 unspecified atom stereocenters. The molecule has 2 aromatic rings. The summed E-state index contributed by atoms with van der Waals surface area (Å²) in [5.74, 6) is 5.87. The quantitative estimate of drug-likeness (QED) is 0.508. The molecule has 0 aliphatic carbocycles. The molecule has 6 nitrogen and oxygen atoms in total. The highest BCUT2D eigenvalue weighted by molar-refractivity contribution is 5.50. The first-order chi connectivity index (χ1) is 9.88. The van der Waals surface area contributed by atoms with Crippen LogP contribution in [0.15, 0.2) is 30.3 Å². The van der Waals surface area contributed by atoms with Crippen molar-refractivity contribution >= 4 is 17.6 Å². The molecular formula is C12H13F3N6. The van der Waals surface area contributed by atoms with Crippen LogP contribution in [0.1, 0.15) is 11.1 Å². The number of anilines is 3. The summed E-state index contributed by atoms with van der Waals surface area (Å²) in [7, 11) is 0. The summed E-state index contributed by atoms with van der Waals surface area (Å²) in [5, 5.41) is 2.86. The molecule has 0 aliphatic rings. The minimum Gasteiger partial charge on any atom is -0.368 e. The molecule has 0 radical (unpaired) electrons. The fourth-order valence-electron chi connectivity index (χ4n) is 1.68. The summed E-state index contributed by atoms with van der Waals surface area (Å²) < 4.78 is 37.8. The van der Waals surface area contributed by atoms with Crippen molar-refractivity contribution in [3.05, 3.63) is 41.5 Å². The van der Waals surface area contributed by atoms with E-state index in [1.807, 2.05) is 0 Å². The van der Waals surface area contributed by atoms with Gasteiger partial charge < -0.3 is 16.5 Å². The Hall–Kier alpha value is -2.55. The highest BCUT2D eigenvalue weighted by atomic mass is 19.4. The molecule has 1 aromatic heterocycles. The first kappa shape index (κ1) is 14.9. The third kappa shape index (κ3) is 3.96.